The summed E-state index contributed by atoms with van der Waals surface area (Å²) in [6.07, 6.45) is 1.56. The molecule has 0 amide bonds. The predicted octanol–water partition coefficient (Wildman–Crippen LogP) is 4.45. The van der Waals surface area contributed by atoms with Crippen LogP contribution in [0.2, 0.25) is 10.0 Å². The standard InChI is InChI=1S/C13H9Cl2NO/c14-10-1-4-12(5-2-10)16-8-9-7-11(15)3-6-13(9)17/h1-8,17H/b16-8+. The number of phenolic OH excluding ortho intramolecular Hbond substituents is 1. The molecule has 0 radical (unpaired) electrons. The van der Waals surface area contributed by atoms with Crippen molar-refractivity contribution in [1.29, 1.82) is 0 Å². The second-order valence-corrected chi connectivity index (χ2v) is 4.31. The first-order valence-electron chi connectivity index (χ1n) is 4.93. The van der Waals surface area contributed by atoms with Crippen molar-refractivity contribution in [3.63, 3.8) is 0 Å². The van der Waals surface area contributed by atoms with Gasteiger partial charge >= 0.3 is 0 Å². The van der Waals surface area contributed by atoms with Crippen LogP contribution >= 0.6 is 23.2 Å². The molecular formula is C13H9Cl2NO. The molecule has 0 unspecified atom stereocenters. The zero-order valence-electron chi connectivity index (χ0n) is 8.77. The molecule has 2 rings (SSSR count). The summed E-state index contributed by atoms with van der Waals surface area (Å²) in [5.74, 6) is 0.145. The van der Waals surface area contributed by atoms with E-state index < -0.39 is 0 Å². The van der Waals surface area contributed by atoms with Crippen molar-refractivity contribution < 1.29 is 5.11 Å². The molecule has 2 nitrogen and oxygen atoms in total. The number of benzene rings is 2. The SMILES string of the molecule is Oc1ccc(Cl)cc1/C=N/c1ccc(Cl)cc1. The highest BCUT2D eigenvalue weighted by Gasteiger charge is 1.98. The Labute approximate surface area is 109 Å². The second kappa shape index (κ2) is 5.21. The number of hydrogen-bond acceptors (Lipinski definition) is 2. The minimum Gasteiger partial charge on any atom is -0.507 e. The molecule has 17 heavy (non-hydrogen) atoms. The van der Waals surface area contributed by atoms with Crippen molar-refractivity contribution in [2.45, 2.75) is 0 Å². The van der Waals surface area contributed by atoms with Crippen LogP contribution in [0.15, 0.2) is 47.5 Å². The van der Waals surface area contributed by atoms with Gasteiger partial charge in [0.15, 0.2) is 0 Å². The van der Waals surface area contributed by atoms with Crippen molar-refractivity contribution in [3.8, 4) is 5.75 Å². The third-order valence-electron chi connectivity index (χ3n) is 2.17. The molecule has 4 heteroatoms. The number of aliphatic imine (C=N–C) groups is 1. The quantitative estimate of drug-likeness (QED) is 0.800. The van der Waals surface area contributed by atoms with Gasteiger partial charge in [-0.2, -0.15) is 0 Å². The highest BCUT2D eigenvalue weighted by Crippen LogP contribution is 2.21. The van der Waals surface area contributed by atoms with Crippen LogP contribution in [0.3, 0.4) is 0 Å². The van der Waals surface area contributed by atoms with Crippen molar-refractivity contribution in [2.75, 3.05) is 0 Å². The number of aromatic hydroxyl groups is 1. The third kappa shape index (κ3) is 3.22. The van der Waals surface area contributed by atoms with Gasteiger partial charge in [0.1, 0.15) is 5.75 Å². The first kappa shape index (κ1) is 12.0. The molecule has 0 fully saturated rings. The molecule has 0 aliphatic heterocycles. The number of phenols is 1. The van der Waals surface area contributed by atoms with Gasteiger partial charge in [-0.3, -0.25) is 4.99 Å². The Kier molecular flexibility index (Phi) is 3.67. The summed E-state index contributed by atoms with van der Waals surface area (Å²) in [5, 5.41) is 10.8. The van der Waals surface area contributed by atoms with E-state index >= 15 is 0 Å². The van der Waals surface area contributed by atoms with Gasteiger partial charge in [-0.05, 0) is 42.5 Å². The first-order chi connectivity index (χ1) is 8.15. The maximum absolute atomic E-state index is 9.59. The summed E-state index contributed by atoms with van der Waals surface area (Å²) in [6.45, 7) is 0. The van der Waals surface area contributed by atoms with Gasteiger partial charge in [-0.25, -0.2) is 0 Å². The molecule has 0 aliphatic rings. The Morgan fingerprint density at radius 1 is 0.941 bits per heavy atom. The van der Waals surface area contributed by atoms with E-state index in [1.807, 2.05) is 0 Å². The van der Waals surface area contributed by atoms with Gasteiger partial charge < -0.3 is 5.11 Å². The Bertz CT molecular complexity index is 550. The van der Waals surface area contributed by atoms with Crippen LogP contribution in [0.4, 0.5) is 5.69 Å². The lowest BCUT2D eigenvalue weighted by molar-refractivity contribution is 0.474. The van der Waals surface area contributed by atoms with Gasteiger partial charge in [0.25, 0.3) is 0 Å². The molecule has 0 spiro atoms. The minimum atomic E-state index is 0.145. The van der Waals surface area contributed by atoms with Crippen molar-refractivity contribution in [1.82, 2.24) is 0 Å². The fourth-order valence-electron chi connectivity index (χ4n) is 1.30. The van der Waals surface area contributed by atoms with Crippen LogP contribution < -0.4 is 0 Å². The smallest absolute Gasteiger partial charge is 0.124 e. The van der Waals surface area contributed by atoms with Crippen LogP contribution in [0, 0.1) is 0 Å². The highest BCUT2D eigenvalue weighted by molar-refractivity contribution is 6.31. The molecule has 0 aromatic heterocycles. The molecule has 0 saturated heterocycles. The number of rotatable bonds is 2. The normalized spacial score (nSPS) is 10.9. The maximum atomic E-state index is 9.59. The third-order valence-corrected chi connectivity index (χ3v) is 2.66. The fraction of sp³-hybridized carbons (Fsp3) is 0. The maximum Gasteiger partial charge on any atom is 0.124 e. The van der Waals surface area contributed by atoms with Gasteiger partial charge in [0.2, 0.25) is 0 Å². The highest BCUT2D eigenvalue weighted by atomic mass is 35.5. The topological polar surface area (TPSA) is 32.6 Å². The van der Waals surface area contributed by atoms with E-state index in [4.69, 9.17) is 23.2 Å². The van der Waals surface area contributed by atoms with Gasteiger partial charge in [-0.1, -0.05) is 23.2 Å². The molecule has 86 valence electrons. The van der Waals surface area contributed by atoms with Crippen LogP contribution in [-0.2, 0) is 0 Å². The van der Waals surface area contributed by atoms with E-state index in [1.165, 1.54) is 6.07 Å². The molecule has 1 N–H and O–H groups in total. The lowest BCUT2D eigenvalue weighted by Crippen LogP contribution is -1.81. The van der Waals surface area contributed by atoms with E-state index in [0.717, 1.165) is 5.69 Å². The van der Waals surface area contributed by atoms with Crippen LogP contribution in [0.25, 0.3) is 0 Å². The number of hydrogen-bond donors (Lipinski definition) is 1. The average molecular weight is 266 g/mol. The zero-order chi connectivity index (χ0) is 12.3. The van der Waals surface area contributed by atoms with Gasteiger partial charge in [0, 0.05) is 21.8 Å². The van der Waals surface area contributed by atoms with E-state index in [2.05, 4.69) is 4.99 Å². The summed E-state index contributed by atoms with van der Waals surface area (Å²) in [5.41, 5.74) is 1.33. The number of halogens is 2. The van der Waals surface area contributed by atoms with Gasteiger partial charge in [-0.15, -0.1) is 0 Å². The molecule has 0 atom stereocenters. The summed E-state index contributed by atoms with van der Waals surface area (Å²) in [6, 6.07) is 11.9. The molecule has 0 heterocycles. The van der Waals surface area contributed by atoms with Crippen molar-refractivity contribution in [3.05, 3.63) is 58.1 Å². The minimum absolute atomic E-state index is 0.145. The van der Waals surface area contributed by atoms with Gasteiger partial charge in [0.05, 0.1) is 5.69 Å². The van der Waals surface area contributed by atoms with Crippen LogP contribution in [-0.4, -0.2) is 11.3 Å². The van der Waals surface area contributed by atoms with E-state index in [0.29, 0.717) is 15.6 Å². The Morgan fingerprint density at radius 2 is 1.59 bits per heavy atom. The molecule has 2 aromatic rings. The molecular weight excluding hydrogens is 257 g/mol. The van der Waals surface area contributed by atoms with Crippen LogP contribution in [0.1, 0.15) is 5.56 Å². The first-order valence-corrected chi connectivity index (χ1v) is 5.69. The second-order valence-electron chi connectivity index (χ2n) is 3.44. The van der Waals surface area contributed by atoms with E-state index in [-0.39, 0.29) is 5.75 Å². The van der Waals surface area contributed by atoms with Crippen molar-refractivity contribution in [2.24, 2.45) is 4.99 Å². The Balaban J connectivity index is 2.25. The summed E-state index contributed by atoms with van der Waals surface area (Å²) in [4.78, 5) is 4.22. The summed E-state index contributed by atoms with van der Waals surface area (Å²) in [7, 11) is 0. The molecule has 0 bridgehead atoms. The molecule has 0 saturated carbocycles. The van der Waals surface area contributed by atoms with E-state index in [1.54, 1.807) is 42.6 Å². The lowest BCUT2D eigenvalue weighted by atomic mass is 10.2. The Hall–Kier alpha value is -1.51. The summed E-state index contributed by atoms with van der Waals surface area (Å²) < 4.78 is 0. The number of nitrogens with zero attached hydrogens (tertiary/aromatic N) is 1. The van der Waals surface area contributed by atoms with E-state index in [9.17, 15) is 5.11 Å². The van der Waals surface area contributed by atoms with Crippen molar-refractivity contribution >= 4 is 35.1 Å². The van der Waals surface area contributed by atoms with Crippen LogP contribution in [0.5, 0.6) is 5.75 Å². The zero-order valence-corrected chi connectivity index (χ0v) is 10.3. The molecule has 2 aromatic carbocycles. The average Bonchev–Trinajstić information content (AvgIpc) is 2.32. The largest absolute Gasteiger partial charge is 0.507 e. The Morgan fingerprint density at radius 3 is 2.29 bits per heavy atom. The monoisotopic (exact) mass is 265 g/mol. The summed E-state index contributed by atoms with van der Waals surface area (Å²) >= 11 is 11.6. The fourth-order valence-corrected chi connectivity index (χ4v) is 1.61. The molecule has 0 aliphatic carbocycles. The lowest BCUT2D eigenvalue weighted by Gasteiger charge is -1.99. The predicted molar refractivity (Wildman–Crippen MR) is 71.8 cm³/mol.